The SMILES string of the molecule is CNC1CC1(C)C(C)N1CC2(CN(C(C)C)C2)C1. The lowest BCUT2D eigenvalue weighted by molar-refractivity contribution is -0.145. The molecule has 0 radical (unpaired) electrons. The van der Waals surface area contributed by atoms with Crippen molar-refractivity contribution in [2.45, 2.75) is 52.2 Å². The van der Waals surface area contributed by atoms with E-state index in [9.17, 15) is 0 Å². The Morgan fingerprint density at radius 3 is 2.06 bits per heavy atom. The maximum atomic E-state index is 3.45. The molecule has 3 nitrogen and oxygen atoms in total. The first-order valence-electron chi connectivity index (χ1n) is 7.56. The summed E-state index contributed by atoms with van der Waals surface area (Å²) in [5.41, 5.74) is 1.19. The van der Waals surface area contributed by atoms with Crippen LogP contribution in [0.1, 0.15) is 34.1 Å². The number of nitrogens with zero attached hydrogens (tertiary/aromatic N) is 2. The van der Waals surface area contributed by atoms with Crippen molar-refractivity contribution in [2.75, 3.05) is 33.2 Å². The summed E-state index contributed by atoms with van der Waals surface area (Å²) < 4.78 is 0. The fourth-order valence-electron chi connectivity index (χ4n) is 4.16. The zero-order valence-corrected chi connectivity index (χ0v) is 12.7. The first-order valence-corrected chi connectivity index (χ1v) is 7.56. The highest BCUT2D eigenvalue weighted by atomic mass is 15.3. The summed E-state index contributed by atoms with van der Waals surface area (Å²) in [6, 6.07) is 2.22. The lowest BCUT2D eigenvalue weighted by Crippen LogP contribution is -2.74. The Bertz CT molecular complexity index is 327. The first-order chi connectivity index (χ1) is 8.40. The number of hydrogen-bond donors (Lipinski definition) is 1. The topological polar surface area (TPSA) is 18.5 Å². The molecule has 0 amide bonds. The van der Waals surface area contributed by atoms with Gasteiger partial charge in [-0.05, 0) is 39.7 Å². The van der Waals surface area contributed by atoms with Gasteiger partial charge in [0.2, 0.25) is 0 Å². The monoisotopic (exact) mass is 251 g/mol. The Kier molecular flexibility index (Phi) is 2.82. The molecule has 18 heavy (non-hydrogen) atoms. The molecule has 3 aliphatic rings. The Balaban J connectivity index is 1.49. The zero-order chi connectivity index (χ0) is 13.1. The van der Waals surface area contributed by atoms with Crippen molar-refractivity contribution < 1.29 is 0 Å². The van der Waals surface area contributed by atoms with Gasteiger partial charge in [0.25, 0.3) is 0 Å². The average molecular weight is 251 g/mol. The molecule has 104 valence electrons. The predicted octanol–water partition coefficient (Wildman–Crippen LogP) is 1.40. The van der Waals surface area contributed by atoms with Crippen LogP contribution in [0.15, 0.2) is 0 Å². The molecule has 0 aromatic carbocycles. The molecule has 1 spiro atoms. The van der Waals surface area contributed by atoms with Crippen molar-refractivity contribution in [3.05, 3.63) is 0 Å². The maximum Gasteiger partial charge on any atom is 0.0212 e. The normalized spacial score (nSPS) is 40.7. The molecule has 1 aliphatic carbocycles. The Morgan fingerprint density at radius 1 is 1.06 bits per heavy atom. The van der Waals surface area contributed by atoms with Crippen LogP contribution in [-0.4, -0.2) is 61.2 Å². The number of likely N-dealkylation sites (tertiary alicyclic amines) is 2. The number of hydrogen-bond acceptors (Lipinski definition) is 3. The summed E-state index contributed by atoms with van der Waals surface area (Å²) in [6.07, 6.45) is 1.35. The second kappa shape index (κ2) is 3.94. The number of nitrogens with one attached hydrogen (secondary N) is 1. The largest absolute Gasteiger partial charge is 0.316 e. The average Bonchev–Trinajstić information content (AvgIpc) is 2.86. The van der Waals surface area contributed by atoms with Crippen LogP contribution >= 0.6 is 0 Å². The first kappa shape index (κ1) is 12.9. The fourth-order valence-corrected chi connectivity index (χ4v) is 4.16. The molecule has 2 saturated heterocycles. The van der Waals surface area contributed by atoms with Crippen LogP contribution in [0.4, 0.5) is 0 Å². The molecule has 0 bridgehead atoms. The van der Waals surface area contributed by atoms with E-state index >= 15 is 0 Å². The molecular formula is C15H29N3. The minimum absolute atomic E-state index is 0.526. The Morgan fingerprint density at radius 2 is 1.61 bits per heavy atom. The summed E-state index contributed by atoms with van der Waals surface area (Å²) in [5.74, 6) is 0. The van der Waals surface area contributed by atoms with Crippen molar-refractivity contribution >= 4 is 0 Å². The van der Waals surface area contributed by atoms with Crippen molar-refractivity contribution in [1.82, 2.24) is 15.1 Å². The minimum Gasteiger partial charge on any atom is -0.316 e. The molecule has 3 unspecified atom stereocenters. The molecule has 1 N–H and O–H groups in total. The molecule has 3 rings (SSSR count). The fraction of sp³-hybridized carbons (Fsp3) is 1.00. The van der Waals surface area contributed by atoms with Crippen LogP contribution in [0, 0.1) is 10.8 Å². The highest BCUT2D eigenvalue weighted by molar-refractivity contribution is 5.15. The molecular weight excluding hydrogens is 222 g/mol. The van der Waals surface area contributed by atoms with Gasteiger partial charge in [-0.2, -0.15) is 0 Å². The van der Waals surface area contributed by atoms with Crippen molar-refractivity contribution in [3.8, 4) is 0 Å². The highest BCUT2D eigenvalue weighted by Gasteiger charge is 2.60. The third-order valence-corrected chi connectivity index (χ3v) is 6.01. The second-order valence-corrected chi connectivity index (χ2v) is 7.63. The van der Waals surface area contributed by atoms with E-state index in [0.717, 1.165) is 18.1 Å². The van der Waals surface area contributed by atoms with Gasteiger partial charge in [0.05, 0.1) is 0 Å². The van der Waals surface area contributed by atoms with E-state index in [0.29, 0.717) is 10.8 Å². The summed E-state index contributed by atoms with van der Waals surface area (Å²) in [4.78, 5) is 5.33. The van der Waals surface area contributed by atoms with Gasteiger partial charge >= 0.3 is 0 Å². The lowest BCUT2D eigenvalue weighted by Gasteiger charge is -2.63. The van der Waals surface area contributed by atoms with Crippen LogP contribution in [0.2, 0.25) is 0 Å². The van der Waals surface area contributed by atoms with Gasteiger partial charge in [-0.3, -0.25) is 9.80 Å². The summed E-state index contributed by atoms with van der Waals surface area (Å²) in [7, 11) is 2.10. The molecule has 1 saturated carbocycles. The molecule has 3 atom stereocenters. The van der Waals surface area contributed by atoms with Gasteiger partial charge in [0.1, 0.15) is 0 Å². The van der Waals surface area contributed by atoms with E-state index in [-0.39, 0.29) is 0 Å². The van der Waals surface area contributed by atoms with Gasteiger partial charge in [-0.1, -0.05) is 6.92 Å². The van der Waals surface area contributed by atoms with Crippen molar-refractivity contribution in [3.63, 3.8) is 0 Å². The molecule has 2 aliphatic heterocycles. The summed E-state index contributed by atoms with van der Waals surface area (Å²) in [6.45, 7) is 14.9. The standard InChI is InChI=1S/C15H29N3/c1-11(2)17-7-15(8-17)9-18(10-15)12(3)14(4)6-13(14)16-5/h11-13,16H,6-10H2,1-5H3. The Hall–Kier alpha value is -0.120. The number of rotatable bonds is 4. The van der Waals surface area contributed by atoms with E-state index in [4.69, 9.17) is 0 Å². The lowest BCUT2D eigenvalue weighted by atomic mass is 9.71. The van der Waals surface area contributed by atoms with Crippen LogP contribution in [0.25, 0.3) is 0 Å². The van der Waals surface area contributed by atoms with Gasteiger partial charge < -0.3 is 5.32 Å². The van der Waals surface area contributed by atoms with E-state index in [1.165, 1.54) is 32.6 Å². The highest BCUT2D eigenvalue weighted by Crippen LogP contribution is 2.53. The van der Waals surface area contributed by atoms with Crippen molar-refractivity contribution in [1.29, 1.82) is 0 Å². The van der Waals surface area contributed by atoms with Crippen molar-refractivity contribution in [2.24, 2.45) is 10.8 Å². The zero-order valence-electron chi connectivity index (χ0n) is 12.7. The van der Waals surface area contributed by atoms with Crippen LogP contribution in [0.5, 0.6) is 0 Å². The third-order valence-electron chi connectivity index (χ3n) is 6.01. The minimum atomic E-state index is 0.526. The van der Waals surface area contributed by atoms with E-state index < -0.39 is 0 Å². The van der Waals surface area contributed by atoms with Crippen LogP contribution < -0.4 is 5.32 Å². The predicted molar refractivity (Wildman–Crippen MR) is 75.7 cm³/mol. The second-order valence-electron chi connectivity index (χ2n) is 7.63. The molecule has 2 heterocycles. The van der Waals surface area contributed by atoms with Crippen LogP contribution in [-0.2, 0) is 0 Å². The third kappa shape index (κ3) is 1.75. The van der Waals surface area contributed by atoms with Crippen LogP contribution in [0.3, 0.4) is 0 Å². The molecule has 0 aromatic heterocycles. The quantitative estimate of drug-likeness (QED) is 0.815. The van der Waals surface area contributed by atoms with Gasteiger partial charge in [-0.25, -0.2) is 0 Å². The molecule has 3 fully saturated rings. The Labute approximate surface area is 112 Å². The smallest absolute Gasteiger partial charge is 0.0212 e. The maximum absolute atomic E-state index is 3.45. The van der Waals surface area contributed by atoms with Gasteiger partial charge in [0, 0.05) is 49.7 Å². The van der Waals surface area contributed by atoms with E-state index in [1.807, 2.05) is 0 Å². The molecule has 3 heteroatoms. The molecule has 0 aromatic rings. The summed E-state index contributed by atoms with van der Waals surface area (Å²) >= 11 is 0. The summed E-state index contributed by atoms with van der Waals surface area (Å²) in [5, 5.41) is 3.45. The van der Waals surface area contributed by atoms with E-state index in [2.05, 4.69) is 49.9 Å². The van der Waals surface area contributed by atoms with Gasteiger partial charge in [-0.15, -0.1) is 0 Å². The van der Waals surface area contributed by atoms with E-state index in [1.54, 1.807) is 0 Å². The van der Waals surface area contributed by atoms with Gasteiger partial charge in [0.15, 0.2) is 0 Å².